The summed E-state index contributed by atoms with van der Waals surface area (Å²) in [5.41, 5.74) is 3.08. The van der Waals surface area contributed by atoms with Gasteiger partial charge >= 0.3 is 0 Å². The van der Waals surface area contributed by atoms with Gasteiger partial charge in [-0.25, -0.2) is 4.98 Å². The van der Waals surface area contributed by atoms with Gasteiger partial charge in [0.2, 0.25) is 0 Å². The molecule has 0 bridgehead atoms. The van der Waals surface area contributed by atoms with E-state index in [4.69, 9.17) is 0 Å². The van der Waals surface area contributed by atoms with Crippen LogP contribution in [-0.4, -0.2) is 45.6 Å². The fourth-order valence-corrected chi connectivity index (χ4v) is 3.61. The van der Waals surface area contributed by atoms with Crippen molar-refractivity contribution >= 4 is 45.4 Å². The third-order valence-corrected chi connectivity index (χ3v) is 5.07. The number of imidazole rings is 1. The Morgan fingerprint density at radius 3 is 2.70 bits per heavy atom. The first-order chi connectivity index (χ1) is 12.6. The van der Waals surface area contributed by atoms with E-state index < -0.39 is 0 Å². The first kappa shape index (κ1) is 19.2. The average Bonchev–Trinajstić information content (AvgIpc) is 3.08. The van der Waals surface area contributed by atoms with E-state index in [0.29, 0.717) is 10.9 Å². The highest BCUT2D eigenvalue weighted by Crippen LogP contribution is 2.39. The highest BCUT2D eigenvalue weighted by Gasteiger charge is 2.17. The summed E-state index contributed by atoms with van der Waals surface area (Å²) in [4.78, 5) is 18.6. The molecule has 0 fully saturated rings. The SMILES string of the molecule is CCN(CC)CCNc1ccc2ncn3c4cc(=O)ccc4c(O)c1c23.Cl. The van der Waals surface area contributed by atoms with Crippen LogP contribution < -0.4 is 10.7 Å². The van der Waals surface area contributed by atoms with Gasteiger partial charge in [-0.2, -0.15) is 0 Å². The molecule has 2 aromatic carbocycles. The van der Waals surface area contributed by atoms with Gasteiger partial charge in [-0.1, -0.05) is 13.8 Å². The molecule has 0 radical (unpaired) electrons. The summed E-state index contributed by atoms with van der Waals surface area (Å²) in [5.74, 6) is 0.184. The van der Waals surface area contributed by atoms with E-state index in [9.17, 15) is 9.90 Å². The van der Waals surface area contributed by atoms with E-state index in [0.717, 1.165) is 48.3 Å². The largest absolute Gasteiger partial charge is 0.506 e. The third-order valence-electron chi connectivity index (χ3n) is 5.07. The van der Waals surface area contributed by atoms with Crippen molar-refractivity contribution in [1.29, 1.82) is 0 Å². The Balaban J connectivity index is 0.00000210. The van der Waals surface area contributed by atoms with Crippen molar-refractivity contribution in [3.63, 3.8) is 0 Å². The minimum atomic E-state index is -0.0876. The summed E-state index contributed by atoms with van der Waals surface area (Å²) in [6, 6.07) is 8.59. The van der Waals surface area contributed by atoms with Gasteiger partial charge in [-0.15, -0.1) is 12.4 Å². The number of nitrogens with one attached hydrogen (secondary N) is 1. The van der Waals surface area contributed by atoms with Crippen LogP contribution in [0.4, 0.5) is 5.69 Å². The van der Waals surface area contributed by atoms with Crippen LogP contribution >= 0.6 is 12.4 Å². The molecule has 4 rings (SSSR count). The number of nitrogens with zero attached hydrogens (tertiary/aromatic N) is 3. The Labute approximate surface area is 163 Å². The van der Waals surface area contributed by atoms with E-state index in [1.54, 1.807) is 12.4 Å². The van der Waals surface area contributed by atoms with Gasteiger partial charge < -0.3 is 15.3 Å². The Morgan fingerprint density at radius 2 is 1.96 bits per heavy atom. The minimum Gasteiger partial charge on any atom is -0.506 e. The number of fused-ring (bicyclic) bond motifs is 2. The number of likely N-dealkylation sites (N-methyl/N-ethyl adjacent to an activating group) is 1. The lowest BCUT2D eigenvalue weighted by Crippen LogP contribution is -2.28. The van der Waals surface area contributed by atoms with Crippen molar-refractivity contribution in [3.8, 4) is 5.75 Å². The molecular formula is C20H23ClN4O2. The topological polar surface area (TPSA) is 69.9 Å². The molecule has 2 heterocycles. The predicted molar refractivity (Wildman–Crippen MR) is 113 cm³/mol. The number of hydrogen-bond acceptors (Lipinski definition) is 5. The van der Waals surface area contributed by atoms with Crippen molar-refractivity contribution in [2.75, 3.05) is 31.5 Å². The Bertz CT molecular complexity index is 1140. The number of pyridine rings is 1. The van der Waals surface area contributed by atoms with Crippen LogP contribution in [-0.2, 0) is 0 Å². The summed E-state index contributed by atoms with van der Waals surface area (Å²) in [6.07, 6.45) is 1.71. The molecule has 4 aromatic rings. The quantitative estimate of drug-likeness (QED) is 0.497. The number of rotatable bonds is 6. The zero-order chi connectivity index (χ0) is 18.3. The standard InChI is InChI=1S/C20H22N4O2.ClH/c1-3-23(4-2)10-9-21-15-7-8-16-19-18(15)20(26)14-6-5-13(25)11-17(14)24(19)12-22-16;/h5-8,11-12,21,26H,3-4,9-10H2,1-2H3;1H. The predicted octanol–water partition coefficient (Wildman–Crippen LogP) is 3.32. The monoisotopic (exact) mass is 386 g/mol. The molecular weight excluding hydrogens is 364 g/mol. The normalized spacial score (nSPS) is 11.5. The maximum atomic E-state index is 11.8. The van der Waals surface area contributed by atoms with E-state index >= 15 is 0 Å². The number of benzene rings is 2. The first-order valence-corrected chi connectivity index (χ1v) is 8.98. The molecule has 0 atom stereocenters. The molecule has 27 heavy (non-hydrogen) atoms. The highest BCUT2D eigenvalue weighted by atomic mass is 35.5. The molecule has 142 valence electrons. The molecule has 6 nitrogen and oxygen atoms in total. The molecule has 0 aliphatic heterocycles. The molecule has 0 saturated heterocycles. The maximum absolute atomic E-state index is 11.8. The van der Waals surface area contributed by atoms with Gasteiger partial charge in [-0.3, -0.25) is 9.20 Å². The van der Waals surface area contributed by atoms with Gasteiger partial charge in [0.1, 0.15) is 12.1 Å². The van der Waals surface area contributed by atoms with Crippen LogP contribution in [0, 0.1) is 0 Å². The highest BCUT2D eigenvalue weighted by molar-refractivity contribution is 6.12. The molecule has 2 N–H and O–H groups in total. The van der Waals surface area contributed by atoms with Gasteiger partial charge in [-0.05, 0) is 37.4 Å². The van der Waals surface area contributed by atoms with Crippen LogP contribution in [0.2, 0.25) is 0 Å². The Kier molecular flexibility index (Phi) is 5.39. The first-order valence-electron chi connectivity index (χ1n) is 8.98. The number of aromatic nitrogens is 2. The van der Waals surface area contributed by atoms with Gasteiger partial charge in [0, 0.05) is 30.2 Å². The molecule has 0 amide bonds. The summed E-state index contributed by atoms with van der Waals surface area (Å²) in [6.45, 7) is 8.05. The lowest BCUT2D eigenvalue weighted by molar-refractivity contribution is 0.316. The van der Waals surface area contributed by atoms with Crippen LogP contribution in [0.15, 0.2) is 41.5 Å². The number of halogens is 1. The third kappa shape index (κ3) is 3.15. The van der Waals surface area contributed by atoms with Crippen molar-refractivity contribution in [3.05, 3.63) is 46.9 Å². The minimum absolute atomic E-state index is 0. The van der Waals surface area contributed by atoms with Gasteiger partial charge in [0.25, 0.3) is 0 Å². The number of aromatic hydroxyl groups is 1. The van der Waals surface area contributed by atoms with Crippen molar-refractivity contribution < 1.29 is 5.11 Å². The number of anilines is 1. The van der Waals surface area contributed by atoms with Crippen LogP contribution in [0.25, 0.3) is 27.3 Å². The fraction of sp³-hybridized carbons (Fsp3) is 0.300. The summed E-state index contributed by atoms with van der Waals surface area (Å²) in [7, 11) is 0. The van der Waals surface area contributed by atoms with Gasteiger partial charge in [0.05, 0.1) is 21.9 Å². The lowest BCUT2D eigenvalue weighted by atomic mass is 10.1. The van der Waals surface area contributed by atoms with E-state index in [1.165, 1.54) is 12.1 Å². The fourth-order valence-electron chi connectivity index (χ4n) is 3.61. The molecule has 0 aliphatic carbocycles. The Morgan fingerprint density at radius 1 is 1.19 bits per heavy atom. The average molecular weight is 387 g/mol. The van der Waals surface area contributed by atoms with Crippen LogP contribution in [0.3, 0.4) is 0 Å². The Hall–Kier alpha value is -2.57. The summed E-state index contributed by atoms with van der Waals surface area (Å²) in [5, 5.41) is 15.8. The van der Waals surface area contributed by atoms with E-state index in [1.807, 2.05) is 16.5 Å². The second-order valence-corrected chi connectivity index (χ2v) is 6.45. The summed E-state index contributed by atoms with van der Waals surface area (Å²) < 4.78 is 1.89. The van der Waals surface area contributed by atoms with Gasteiger partial charge in [0.15, 0.2) is 5.43 Å². The smallest absolute Gasteiger partial charge is 0.180 e. The molecule has 2 aromatic heterocycles. The van der Waals surface area contributed by atoms with Crippen LogP contribution in [0.5, 0.6) is 5.75 Å². The molecule has 0 spiro atoms. The lowest BCUT2D eigenvalue weighted by Gasteiger charge is -2.19. The second kappa shape index (κ2) is 7.58. The number of hydrogen-bond donors (Lipinski definition) is 2. The molecule has 0 aliphatic rings. The maximum Gasteiger partial charge on any atom is 0.180 e. The van der Waals surface area contributed by atoms with E-state index in [-0.39, 0.29) is 23.6 Å². The zero-order valence-electron chi connectivity index (χ0n) is 15.4. The van der Waals surface area contributed by atoms with Crippen molar-refractivity contribution in [2.45, 2.75) is 13.8 Å². The zero-order valence-corrected chi connectivity index (χ0v) is 16.2. The summed E-state index contributed by atoms with van der Waals surface area (Å²) >= 11 is 0. The second-order valence-electron chi connectivity index (χ2n) is 6.45. The molecule has 0 saturated carbocycles. The molecule has 7 heteroatoms. The van der Waals surface area contributed by atoms with Crippen molar-refractivity contribution in [2.24, 2.45) is 0 Å². The van der Waals surface area contributed by atoms with Crippen molar-refractivity contribution in [1.82, 2.24) is 14.3 Å². The molecule has 0 unspecified atom stereocenters. The van der Waals surface area contributed by atoms with E-state index in [2.05, 4.69) is 29.0 Å². The van der Waals surface area contributed by atoms with Crippen LogP contribution in [0.1, 0.15) is 13.8 Å².